The van der Waals surface area contributed by atoms with Crippen molar-refractivity contribution in [3.05, 3.63) is 53.6 Å². The molecule has 0 atom stereocenters. The van der Waals surface area contributed by atoms with Crippen molar-refractivity contribution >= 4 is 33.0 Å². The summed E-state index contributed by atoms with van der Waals surface area (Å²) < 4.78 is 29.9. The number of hydrogen-bond donors (Lipinski definition) is 1. The lowest BCUT2D eigenvalue weighted by Gasteiger charge is -2.18. The zero-order valence-corrected chi connectivity index (χ0v) is 15.2. The summed E-state index contributed by atoms with van der Waals surface area (Å²) in [5.74, 6) is -0.0207. The maximum Gasteiger partial charge on any atom is 0.246 e. The molecule has 0 radical (unpaired) electrons. The first kappa shape index (κ1) is 17.8. The average Bonchev–Trinajstić information content (AvgIpc) is 3.40. The lowest BCUT2D eigenvalue weighted by Crippen LogP contribution is -2.37. The van der Waals surface area contributed by atoms with Crippen molar-refractivity contribution < 1.29 is 17.9 Å². The van der Waals surface area contributed by atoms with E-state index in [4.69, 9.17) is 16.3 Å². The van der Waals surface area contributed by atoms with Crippen LogP contribution in [0, 0.1) is 0 Å². The molecule has 1 aliphatic rings. The highest BCUT2D eigenvalue weighted by Crippen LogP contribution is 2.48. The van der Waals surface area contributed by atoms with E-state index in [0.29, 0.717) is 35.9 Å². The molecule has 2 aromatic rings. The number of carbonyl (C=O) groups is 1. The number of rotatable bonds is 6. The first-order valence-corrected chi connectivity index (χ1v) is 9.80. The number of benzene rings is 2. The van der Waals surface area contributed by atoms with Gasteiger partial charge in [0.1, 0.15) is 5.75 Å². The Morgan fingerprint density at radius 2 is 1.80 bits per heavy atom. The number of sulfone groups is 1. The van der Waals surface area contributed by atoms with Crippen LogP contribution in [0.3, 0.4) is 0 Å². The Morgan fingerprint density at radius 3 is 2.40 bits per heavy atom. The lowest BCUT2D eigenvalue weighted by molar-refractivity contribution is -0.116. The standard InChI is InChI=1S/C18H18ClNO4S/c1-2-24-16-6-4-3-5-15(16)20-17(21)18(11-12-18)25(22,23)14-9-7-13(19)8-10-14/h3-10H,2,11-12H2,1H3,(H,20,21). The van der Waals surface area contributed by atoms with Crippen LogP contribution in [-0.2, 0) is 14.6 Å². The Kier molecular flexibility index (Phi) is 4.75. The molecule has 25 heavy (non-hydrogen) atoms. The Labute approximate surface area is 151 Å². The van der Waals surface area contributed by atoms with Crippen molar-refractivity contribution in [2.24, 2.45) is 0 Å². The molecule has 1 amide bonds. The van der Waals surface area contributed by atoms with E-state index >= 15 is 0 Å². The molecular formula is C18H18ClNO4S. The third kappa shape index (κ3) is 3.24. The van der Waals surface area contributed by atoms with Crippen LogP contribution in [-0.4, -0.2) is 25.7 Å². The summed E-state index contributed by atoms with van der Waals surface area (Å²) >= 11 is 5.82. The molecule has 1 aliphatic carbocycles. The zero-order valence-electron chi connectivity index (χ0n) is 13.7. The quantitative estimate of drug-likeness (QED) is 0.830. The number of hydrogen-bond acceptors (Lipinski definition) is 4. The van der Waals surface area contributed by atoms with Gasteiger partial charge in [0.2, 0.25) is 5.91 Å². The van der Waals surface area contributed by atoms with Gasteiger partial charge in [0, 0.05) is 5.02 Å². The molecule has 1 fully saturated rings. The highest BCUT2D eigenvalue weighted by Gasteiger charge is 2.61. The van der Waals surface area contributed by atoms with Gasteiger partial charge in [0.15, 0.2) is 14.6 Å². The second-order valence-electron chi connectivity index (χ2n) is 5.83. The van der Waals surface area contributed by atoms with Crippen LogP contribution in [0.2, 0.25) is 5.02 Å². The van der Waals surface area contributed by atoms with Crippen LogP contribution >= 0.6 is 11.6 Å². The predicted octanol–water partition coefficient (Wildman–Crippen LogP) is 3.68. The van der Waals surface area contributed by atoms with Crippen molar-refractivity contribution in [3.63, 3.8) is 0 Å². The molecule has 7 heteroatoms. The van der Waals surface area contributed by atoms with Crippen LogP contribution in [0.25, 0.3) is 0 Å². The predicted molar refractivity (Wildman–Crippen MR) is 96.8 cm³/mol. The minimum atomic E-state index is -3.80. The monoisotopic (exact) mass is 379 g/mol. The topological polar surface area (TPSA) is 72.5 Å². The molecule has 1 N–H and O–H groups in total. The van der Waals surface area contributed by atoms with Crippen LogP contribution in [0.15, 0.2) is 53.4 Å². The number of nitrogens with one attached hydrogen (secondary N) is 1. The average molecular weight is 380 g/mol. The first-order chi connectivity index (χ1) is 11.9. The summed E-state index contributed by atoms with van der Waals surface area (Å²) in [4.78, 5) is 12.9. The van der Waals surface area contributed by atoms with E-state index in [-0.39, 0.29) is 4.90 Å². The van der Waals surface area contributed by atoms with Gasteiger partial charge in [0.05, 0.1) is 17.2 Å². The van der Waals surface area contributed by atoms with Crippen LogP contribution in [0.1, 0.15) is 19.8 Å². The number of para-hydroxylation sites is 2. The molecular weight excluding hydrogens is 362 g/mol. The summed E-state index contributed by atoms with van der Waals surface area (Å²) in [6.07, 6.45) is 0.585. The summed E-state index contributed by atoms with van der Waals surface area (Å²) in [6, 6.07) is 12.8. The van der Waals surface area contributed by atoms with E-state index in [1.807, 2.05) is 6.92 Å². The van der Waals surface area contributed by atoms with E-state index in [1.165, 1.54) is 24.3 Å². The fraction of sp³-hybridized carbons (Fsp3) is 0.278. The molecule has 0 spiro atoms. The van der Waals surface area contributed by atoms with Gasteiger partial charge in [-0.3, -0.25) is 4.79 Å². The fourth-order valence-corrected chi connectivity index (χ4v) is 4.66. The third-order valence-electron chi connectivity index (χ3n) is 4.19. The van der Waals surface area contributed by atoms with Crippen molar-refractivity contribution in [1.82, 2.24) is 0 Å². The molecule has 1 saturated carbocycles. The summed E-state index contributed by atoms with van der Waals surface area (Å²) in [5.41, 5.74) is 0.465. The van der Waals surface area contributed by atoms with E-state index < -0.39 is 20.5 Å². The van der Waals surface area contributed by atoms with E-state index in [1.54, 1.807) is 24.3 Å². The molecule has 132 valence electrons. The number of ether oxygens (including phenoxy) is 1. The van der Waals surface area contributed by atoms with Crippen molar-refractivity contribution in [1.29, 1.82) is 0 Å². The minimum absolute atomic E-state index is 0.0997. The maximum atomic E-state index is 12.9. The molecule has 0 bridgehead atoms. The maximum absolute atomic E-state index is 12.9. The SMILES string of the molecule is CCOc1ccccc1NC(=O)C1(S(=O)(=O)c2ccc(Cl)cc2)CC1. The van der Waals surface area contributed by atoms with E-state index in [9.17, 15) is 13.2 Å². The summed E-state index contributed by atoms with van der Waals surface area (Å²) in [5, 5.41) is 3.16. The van der Waals surface area contributed by atoms with Gasteiger partial charge < -0.3 is 10.1 Å². The highest BCUT2D eigenvalue weighted by atomic mass is 35.5. The summed E-state index contributed by atoms with van der Waals surface area (Å²) in [6.45, 7) is 2.28. The van der Waals surface area contributed by atoms with Gasteiger partial charge in [-0.2, -0.15) is 0 Å². The second kappa shape index (κ2) is 6.69. The largest absolute Gasteiger partial charge is 0.492 e. The van der Waals surface area contributed by atoms with Crippen LogP contribution < -0.4 is 10.1 Å². The van der Waals surface area contributed by atoms with Gasteiger partial charge in [0.25, 0.3) is 0 Å². The van der Waals surface area contributed by atoms with Gasteiger partial charge in [-0.1, -0.05) is 23.7 Å². The Morgan fingerprint density at radius 1 is 1.16 bits per heavy atom. The Balaban J connectivity index is 1.88. The molecule has 0 saturated heterocycles. The first-order valence-electron chi connectivity index (χ1n) is 7.94. The molecule has 0 aliphatic heterocycles. The molecule has 0 aromatic heterocycles. The van der Waals surface area contributed by atoms with Crippen LogP contribution in [0.5, 0.6) is 5.75 Å². The normalized spacial score (nSPS) is 15.4. The zero-order chi connectivity index (χ0) is 18.1. The summed E-state index contributed by atoms with van der Waals surface area (Å²) in [7, 11) is -3.80. The van der Waals surface area contributed by atoms with Gasteiger partial charge in [-0.25, -0.2) is 8.42 Å². The van der Waals surface area contributed by atoms with E-state index in [2.05, 4.69) is 5.32 Å². The second-order valence-corrected chi connectivity index (χ2v) is 8.53. The smallest absolute Gasteiger partial charge is 0.246 e. The van der Waals surface area contributed by atoms with Gasteiger partial charge in [-0.15, -0.1) is 0 Å². The number of amides is 1. The molecule has 3 rings (SSSR count). The third-order valence-corrected chi connectivity index (χ3v) is 6.96. The van der Waals surface area contributed by atoms with E-state index in [0.717, 1.165) is 0 Å². The van der Waals surface area contributed by atoms with Crippen molar-refractivity contribution in [2.75, 3.05) is 11.9 Å². The minimum Gasteiger partial charge on any atom is -0.492 e. The molecule has 0 unspecified atom stereocenters. The van der Waals surface area contributed by atoms with Crippen molar-refractivity contribution in [3.8, 4) is 5.75 Å². The Hall–Kier alpha value is -2.05. The van der Waals surface area contributed by atoms with Gasteiger partial charge in [-0.05, 0) is 56.2 Å². The number of halogens is 1. The van der Waals surface area contributed by atoms with Crippen LogP contribution in [0.4, 0.5) is 5.69 Å². The molecule has 5 nitrogen and oxygen atoms in total. The number of carbonyl (C=O) groups excluding carboxylic acids is 1. The molecule has 2 aromatic carbocycles. The highest BCUT2D eigenvalue weighted by molar-refractivity contribution is 7.94. The molecule has 0 heterocycles. The lowest BCUT2D eigenvalue weighted by atomic mass is 10.2. The van der Waals surface area contributed by atoms with Gasteiger partial charge >= 0.3 is 0 Å². The fourth-order valence-electron chi connectivity index (χ4n) is 2.66. The Bertz CT molecular complexity index is 890. The van der Waals surface area contributed by atoms with Crippen molar-refractivity contribution in [2.45, 2.75) is 29.4 Å². The number of anilines is 1.